The number of hydrogen-bond donors (Lipinski definition) is 1. The maximum atomic E-state index is 10.4. The number of rotatable bonds is 3. The zero-order valence-corrected chi connectivity index (χ0v) is 11.4. The van der Waals surface area contributed by atoms with Crippen molar-refractivity contribution in [1.82, 2.24) is 14.8 Å². The van der Waals surface area contributed by atoms with Crippen LogP contribution in [0.4, 0.5) is 0 Å². The summed E-state index contributed by atoms with van der Waals surface area (Å²) in [4.78, 5) is 4.13. The van der Waals surface area contributed by atoms with Gasteiger partial charge in [-0.25, -0.2) is 9.67 Å². The molecule has 1 heterocycles. The van der Waals surface area contributed by atoms with E-state index in [9.17, 15) is 5.11 Å². The van der Waals surface area contributed by atoms with Gasteiger partial charge in [-0.05, 0) is 26.3 Å². The van der Waals surface area contributed by atoms with Crippen LogP contribution in [0.15, 0.2) is 24.5 Å². The fourth-order valence-corrected chi connectivity index (χ4v) is 2.10. The van der Waals surface area contributed by atoms with Crippen molar-refractivity contribution in [2.45, 2.75) is 32.9 Å². The van der Waals surface area contributed by atoms with Gasteiger partial charge in [0.25, 0.3) is 0 Å². The molecule has 0 saturated carbocycles. The number of halogens is 1. The molecular weight excluding hydrogens is 250 g/mol. The Balaban J connectivity index is 2.45. The molecule has 18 heavy (non-hydrogen) atoms. The number of aliphatic hydroxyl groups is 1. The van der Waals surface area contributed by atoms with Crippen LogP contribution >= 0.6 is 11.6 Å². The second-order valence-electron chi connectivity index (χ2n) is 4.54. The van der Waals surface area contributed by atoms with Crippen LogP contribution < -0.4 is 0 Å². The minimum atomic E-state index is -0.859. The van der Waals surface area contributed by atoms with Crippen LogP contribution in [0.2, 0.25) is 5.02 Å². The van der Waals surface area contributed by atoms with Gasteiger partial charge in [-0.1, -0.05) is 29.8 Å². The van der Waals surface area contributed by atoms with Crippen LogP contribution in [0.25, 0.3) is 0 Å². The standard InChI is InChI=1S/C13H16ClN3O/c1-8(2)17-13(15-7-16-17)12(18)10-6-4-5-9(3)11(10)14/h4-8,12,18H,1-3H3. The molecule has 96 valence electrons. The SMILES string of the molecule is Cc1cccc(C(O)c2ncnn2C(C)C)c1Cl. The van der Waals surface area contributed by atoms with Crippen LogP contribution in [0.1, 0.15) is 42.9 Å². The van der Waals surface area contributed by atoms with Crippen molar-refractivity contribution < 1.29 is 5.11 Å². The van der Waals surface area contributed by atoms with Crippen LogP contribution in [0.3, 0.4) is 0 Å². The van der Waals surface area contributed by atoms with Crippen molar-refractivity contribution >= 4 is 11.6 Å². The smallest absolute Gasteiger partial charge is 0.160 e. The lowest BCUT2D eigenvalue weighted by atomic mass is 10.1. The number of aryl methyl sites for hydroxylation is 1. The zero-order valence-electron chi connectivity index (χ0n) is 10.6. The summed E-state index contributed by atoms with van der Waals surface area (Å²) in [6.45, 7) is 5.89. The Kier molecular flexibility index (Phi) is 3.68. The van der Waals surface area contributed by atoms with E-state index in [0.29, 0.717) is 16.4 Å². The van der Waals surface area contributed by atoms with E-state index in [1.54, 1.807) is 10.7 Å². The maximum absolute atomic E-state index is 10.4. The highest BCUT2D eigenvalue weighted by Gasteiger charge is 2.21. The summed E-state index contributed by atoms with van der Waals surface area (Å²) in [5, 5.41) is 15.1. The molecule has 2 aromatic rings. The molecule has 1 aromatic heterocycles. The average molecular weight is 266 g/mol. The Morgan fingerprint density at radius 1 is 1.33 bits per heavy atom. The Morgan fingerprint density at radius 2 is 2.06 bits per heavy atom. The van der Waals surface area contributed by atoms with Crippen molar-refractivity contribution in [2.75, 3.05) is 0 Å². The number of aliphatic hydroxyl groups excluding tert-OH is 1. The van der Waals surface area contributed by atoms with Gasteiger partial charge in [-0.15, -0.1) is 0 Å². The number of aromatic nitrogens is 3. The van der Waals surface area contributed by atoms with Gasteiger partial charge in [0.05, 0.1) is 0 Å². The van der Waals surface area contributed by atoms with E-state index >= 15 is 0 Å². The van der Waals surface area contributed by atoms with Gasteiger partial charge in [-0.2, -0.15) is 5.10 Å². The van der Waals surface area contributed by atoms with Gasteiger partial charge in [-0.3, -0.25) is 0 Å². The molecule has 0 amide bonds. The molecule has 1 atom stereocenters. The number of benzene rings is 1. The predicted molar refractivity (Wildman–Crippen MR) is 70.7 cm³/mol. The molecule has 0 fully saturated rings. The van der Waals surface area contributed by atoms with Gasteiger partial charge in [0, 0.05) is 16.6 Å². The third-order valence-corrected chi connectivity index (χ3v) is 3.37. The second kappa shape index (κ2) is 5.08. The fraction of sp³-hybridized carbons (Fsp3) is 0.385. The van der Waals surface area contributed by atoms with E-state index in [-0.39, 0.29) is 6.04 Å². The van der Waals surface area contributed by atoms with E-state index in [1.807, 2.05) is 32.9 Å². The maximum Gasteiger partial charge on any atom is 0.160 e. The first kappa shape index (κ1) is 13.1. The van der Waals surface area contributed by atoms with Crippen LogP contribution in [0.5, 0.6) is 0 Å². The quantitative estimate of drug-likeness (QED) is 0.928. The molecule has 1 N–H and O–H groups in total. The van der Waals surface area contributed by atoms with Crippen molar-refractivity contribution in [1.29, 1.82) is 0 Å². The Labute approximate surface area is 111 Å². The summed E-state index contributed by atoms with van der Waals surface area (Å²) in [6, 6.07) is 5.72. The third kappa shape index (κ3) is 2.26. The van der Waals surface area contributed by atoms with Gasteiger partial charge >= 0.3 is 0 Å². The first-order valence-corrected chi connectivity index (χ1v) is 6.22. The molecule has 0 aliphatic rings. The van der Waals surface area contributed by atoms with Gasteiger partial charge in [0.1, 0.15) is 12.4 Å². The highest BCUT2D eigenvalue weighted by molar-refractivity contribution is 6.32. The van der Waals surface area contributed by atoms with Crippen LogP contribution in [0, 0.1) is 6.92 Å². The molecule has 0 aliphatic carbocycles. The largest absolute Gasteiger partial charge is 0.380 e. The summed E-state index contributed by atoms with van der Waals surface area (Å²) in [5.41, 5.74) is 1.59. The molecule has 2 rings (SSSR count). The summed E-state index contributed by atoms with van der Waals surface area (Å²) < 4.78 is 1.70. The summed E-state index contributed by atoms with van der Waals surface area (Å²) >= 11 is 6.22. The molecule has 0 saturated heterocycles. The zero-order chi connectivity index (χ0) is 13.3. The minimum Gasteiger partial charge on any atom is -0.380 e. The summed E-state index contributed by atoms with van der Waals surface area (Å²) in [6.07, 6.45) is 0.588. The summed E-state index contributed by atoms with van der Waals surface area (Å²) in [7, 11) is 0. The lowest BCUT2D eigenvalue weighted by Gasteiger charge is -2.16. The van der Waals surface area contributed by atoms with E-state index in [4.69, 9.17) is 11.6 Å². The monoisotopic (exact) mass is 265 g/mol. The third-order valence-electron chi connectivity index (χ3n) is 2.85. The molecule has 0 aliphatic heterocycles. The van der Waals surface area contributed by atoms with E-state index in [2.05, 4.69) is 10.1 Å². The van der Waals surface area contributed by atoms with E-state index in [1.165, 1.54) is 6.33 Å². The Bertz CT molecular complexity index is 551. The first-order valence-electron chi connectivity index (χ1n) is 5.85. The van der Waals surface area contributed by atoms with Crippen LogP contribution in [-0.4, -0.2) is 19.9 Å². The van der Waals surface area contributed by atoms with Gasteiger partial charge in [0.2, 0.25) is 0 Å². The Hall–Kier alpha value is -1.39. The van der Waals surface area contributed by atoms with E-state index in [0.717, 1.165) is 5.56 Å². The lowest BCUT2D eigenvalue weighted by molar-refractivity contribution is 0.200. The first-order chi connectivity index (χ1) is 8.52. The molecule has 0 spiro atoms. The molecular formula is C13H16ClN3O. The number of hydrogen-bond acceptors (Lipinski definition) is 3. The molecule has 0 bridgehead atoms. The molecule has 0 radical (unpaired) electrons. The normalized spacial score (nSPS) is 13.0. The van der Waals surface area contributed by atoms with Crippen molar-refractivity contribution in [3.05, 3.63) is 46.5 Å². The Morgan fingerprint density at radius 3 is 2.72 bits per heavy atom. The molecule has 5 heteroatoms. The highest BCUT2D eigenvalue weighted by atomic mass is 35.5. The molecule has 4 nitrogen and oxygen atoms in total. The topological polar surface area (TPSA) is 50.9 Å². The lowest BCUT2D eigenvalue weighted by Crippen LogP contribution is -2.13. The highest BCUT2D eigenvalue weighted by Crippen LogP contribution is 2.30. The van der Waals surface area contributed by atoms with Gasteiger partial charge < -0.3 is 5.11 Å². The van der Waals surface area contributed by atoms with Crippen molar-refractivity contribution in [3.63, 3.8) is 0 Å². The number of nitrogens with zero attached hydrogens (tertiary/aromatic N) is 3. The van der Waals surface area contributed by atoms with E-state index < -0.39 is 6.10 Å². The molecule has 1 unspecified atom stereocenters. The summed E-state index contributed by atoms with van der Waals surface area (Å²) in [5.74, 6) is 0.512. The fourth-order valence-electron chi connectivity index (χ4n) is 1.87. The average Bonchev–Trinajstić information content (AvgIpc) is 2.81. The van der Waals surface area contributed by atoms with Gasteiger partial charge in [0.15, 0.2) is 5.82 Å². The van der Waals surface area contributed by atoms with Crippen molar-refractivity contribution in [2.24, 2.45) is 0 Å². The minimum absolute atomic E-state index is 0.140. The second-order valence-corrected chi connectivity index (χ2v) is 4.92. The van der Waals surface area contributed by atoms with Crippen molar-refractivity contribution in [3.8, 4) is 0 Å². The molecule has 1 aromatic carbocycles. The van der Waals surface area contributed by atoms with Crippen LogP contribution in [-0.2, 0) is 0 Å². The predicted octanol–water partition coefficient (Wildman–Crippen LogP) is 2.90.